The highest BCUT2D eigenvalue weighted by atomic mass is 16.6. The van der Waals surface area contributed by atoms with E-state index in [4.69, 9.17) is 4.74 Å². The monoisotopic (exact) mass is 356 g/mol. The number of nitrogens with one attached hydrogen (secondary N) is 1. The lowest BCUT2D eigenvalue weighted by Gasteiger charge is -2.33. The summed E-state index contributed by atoms with van der Waals surface area (Å²) in [6.07, 6.45) is 4.79. The molecule has 1 amide bonds. The van der Waals surface area contributed by atoms with Crippen LogP contribution in [0.1, 0.15) is 23.2 Å². The van der Waals surface area contributed by atoms with Crippen LogP contribution in [0.25, 0.3) is 0 Å². The lowest BCUT2D eigenvalue weighted by molar-refractivity contribution is -0.384. The second kappa shape index (κ2) is 7.81. The average Bonchev–Trinajstić information content (AvgIpc) is 2.69. The van der Waals surface area contributed by atoms with E-state index in [9.17, 15) is 14.9 Å². The number of hydrogen-bond donors (Lipinski definition) is 1. The van der Waals surface area contributed by atoms with E-state index in [1.165, 1.54) is 19.2 Å². The van der Waals surface area contributed by atoms with Crippen molar-refractivity contribution in [1.82, 2.24) is 9.88 Å². The molecule has 26 heavy (non-hydrogen) atoms. The van der Waals surface area contributed by atoms with Crippen molar-refractivity contribution in [3.8, 4) is 5.75 Å². The van der Waals surface area contributed by atoms with E-state index < -0.39 is 4.92 Å². The van der Waals surface area contributed by atoms with Gasteiger partial charge < -0.3 is 15.0 Å². The van der Waals surface area contributed by atoms with Gasteiger partial charge in [-0.05, 0) is 31.0 Å². The first-order valence-electron chi connectivity index (χ1n) is 8.36. The van der Waals surface area contributed by atoms with Crippen molar-refractivity contribution < 1.29 is 14.5 Å². The molecule has 0 saturated carbocycles. The Morgan fingerprint density at radius 1 is 1.35 bits per heavy atom. The van der Waals surface area contributed by atoms with Crippen LogP contribution >= 0.6 is 0 Å². The Labute approximate surface area is 150 Å². The molecule has 2 aromatic rings. The van der Waals surface area contributed by atoms with Crippen molar-refractivity contribution in [2.75, 3.05) is 25.5 Å². The molecule has 1 fully saturated rings. The van der Waals surface area contributed by atoms with Crippen LogP contribution in [-0.4, -0.2) is 47.0 Å². The third-order valence-corrected chi connectivity index (χ3v) is 4.45. The summed E-state index contributed by atoms with van der Waals surface area (Å²) >= 11 is 0. The number of benzene rings is 1. The van der Waals surface area contributed by atoms with Crippen molar-refractivity contribution in [1.29, 1.82) is 0 Å². The molecule has 0 atom stereocenters. The fourth-order valence-corrected chi connectivity index (χ4v) is 3.03. The summed E-state index contributed by atoms with van der Waals surface area (Å²) < 4.78 is 5.26. The number of non-ortho nitro benzene ring substituents is 1. The average molecular weight is 356 g/mol. The molecule has 0 unspecified atom stereocenters. The summed E-state index contributed by atoms with van der Waals surface area (Å²) in [6.45, 7) is 1.28. The van der Waals surface area contributed by atoms with E-state index in [1.54, 1.807) is 30.6 Å². The summed E-state index contributed by atoms with van der Waals surface area (Å²) in [5.41, 5.74) is 1.30. The van der Waals surface area contributed by atoms with Crippen molar-refractivity contribution in [2.45, 2.75) is 18.9 Å². The van der Waals surface area contributed by atoms with Gasteiger partial charge in [0.25, 0.3) is 11.6 Å². The first-order valence-corrected chi connectivity index (χ1v) is 8.36. The molecule has 0 aliphatic carbocycles. The van der Waals surface area contributed by atoms with Gasteiger partial charge >= 0.3 is 0 Å². The Morgan fingerprint density at radius 2 is 2.12 bits per heavy atom. The van der Waals surface area contributed by atoms with Gasteiger partial charge in [0.15, 0.2) is 0 Å². The molecule has 0 bridgehead atoms. The maximum absolute atomic E-state index is 12.4. The predicted molar refractivity (Wildman–Crippen MR) is 96.4 cm³/mol. The molecule has 1 aliphatic rings. The number of carbonyl (C=O) groups excluding carboxylic acids is 1. The number of piperidine rings is 1. The number of hydrogen-bond acceptors (Lipinski definition) is 6. The van der Waals surface area contributed by atoms with Crippen molar-refractivity contribution in [2.24, 2.45) is 0 Å². The van der Waals surface area contributed by atoms with E-state index >= 15 is 0 Å². The maximum atomic E-state index is 12.4. The summed E-state index contributed by atoms with van der Waals surface area (Å²) in [6, 6.07) is 8.20. The van der Waals surface area contributed by atoms with Gasteiger partial charge in [-0.15, -0.1) is 0 Å². The highest BCUT2D eigenvalue weighted by Crippen LogP contribution is 2.30. The molecule has 2 heterocycles. The third kappa shape index (κ3) is 3.90. The van der Waals surface area contributed by atoms with Gasteiger partial charge in [-0.2, -0.15) is 0 Å². The molecule has 1 aliphatic heterocycles. The smallest absolute Gasteiger partial charge is 0.273 e. The molecule has 8 nitrogen and oxygen atoms in total. The second-order valence-corrected chi connectivity index (χ2v) is 6.09. The molecular formula is C18H20N4O4. The molecule has 0 spiro atoms. The van der Waals surface area contributed by atoms with Crippen LogP contribution in [0, 0.1) is 10.1 Å². The fraction of sp³-hybridized carbons (Fsp3) is 0.333. The quantitative estimate of drug-likeness (QED) is 0.653. The van der Waals surface area contributed by atoms with Crippen LogP contribution in [0.15, 0.2) is 42.7 Å². The van der Waals surface area contributed by atoms with E-state index in [0.29, 0.717) is 24.4 Å². The Hall–Kier alpha value is -3.16. The lowest BCUT2D eigenvalue weighted by atomic mass is 10.0. The molecule has 1 N–H and O–H groups in total. The van der Waals surface area contributed by atoms with Crippen LogP contribution in [-0.2, 0) is 0 Å². The zero-order valence-corrected chi connectivity index (χ0v) is 14.4. The minimum atomic E-state index is -0.450. The number of carbonyl (C=O) groups is 1. The van der Waals surface area contributed by atoms with Crippen LogP contribution in [0.3, 0.4) is 0 Å². The van der Waals surface area contributed by atoms with Gasteiger partial charge in [0.1, 0.15) is 5.75 Å². The number of methoxy groups -OCH3 is 1. The van der Waals surface area contributed by atoms with Gasteiger partial charge in [0, 0.05) is 37.6 Å². The van der Waals surface area contributed by atoms with Gasteiger partial charge in [0.2, 0.25) is 0 Å². The summed E-state index contributed by atoms with van der Waals surface area (Å²) in [5.74, 6) is 0.428. The maximum Gasteiger partial charge on any atom is 0.273 e. The largest absolute Gasteiger partial charge is 0.494 e. The van der Waals surface area contributed by atoms with Gasteiger partial charge in [-0.1, -0.05) is 0 Å². The fourth-order valence-electron chi connectivity index (χ4n) is 3.03. The lowest BCUT2D eigenvalue weighted by Crippen LogP contribution is -2.42. The molecule has 3 rings (SSSR count). The number of anilines is 1. The van der Waals surface area contributed by atoms with Crippen molar-refractivity contribution in [3.63, 3.8) is 0 Å². The molecule has 0 radical (unpaired) electrons. The van der Waals surface area contributed by atoms with Gasteiger partial charge in [-0.3, -0.25) is 19.9 Å². The van der Waals surface area contributed by atoms with E-state index in [2.05, 4.69) is 10.3 Å². The van der Waals surface area contributed by atoms with Crippen molar-refractivity contribution in [3.05, 3.63) is 58.4 Å². The topological polar surface area (TPSA) is 97.6 Å². The number of likely N-dealkylation sites (tertiary alicyclic amines) is 1. The number of rotatable bonds is 5. The van der Waals surface area contributed by atoms with Crippen LogP contribution in [0.4, 0.5) is 11.4 Å². The second-order valence-electron chi connectivity index (χ2n) is 6.09. The highest BCUT2D eigenvalue weighted by Gasteiger charge is 2.24. The molecular weight excluding hydrogens is 336 g/mol. The van der Waals surface area contributed by atoms with Crippen molar-refractivity contribution >= 4 is 17.3 Å². The van der Waals surface area contributed by atoms with E-state index in [1.807, 2.05) is 4.90 Å². The highest BCUT2D eigenvalue weighted by molar-refractivity contribution is 5.93. The number of pyridine rings is 1. The van der Waals surface area contributed by atoms with E-state index in [-0.39, 0.29) is 17.6 Å². The predicted octanol–water partition coefficient (Wildman–Crippen LogP) is 2.72. The number of amides is 1. The van der Waals surface area contributed by atoms with Gasteiger partial charge in [-0.25, -0.2) is 0 Å². The van der Waals surface area contributed by atoms with Crippen LogP contribution in [0.2, 0.25) is 0 Å². The standard InChI is InChI=1S/C18H20N4O4/c1-26-17-11-15(22(24)25)4-5-16(17)20-14-6-9-21(10-7-14)18(23)13-3-2-8-19-12-13/h2-5,8,11-12,14,20H,6-7,9-10H2,1H3. The minimum Gasteiger partial charge on any atom is -0.494 e. The third-order valence-electron chi connectivity index (χ3n) is 4.45. The SMILES string of the molecule is COc1cc([N+](=O)[O-])ccc1NC1CCN(C(=O)c2cccnc2)CC1. The molecule has 1 aromatic heterocycles. The van der Waals surface area contributed by atoms with Crippen LogP contribution < -0.4 is 10.1 Å². The Morgan fingerprint density at radius 3 is 2.73 bits per heavy atom. The zero-order valence-electron chi connectivity index (χ0n) is 14.4. The number of aromatic nitrogens is 1. The number of nitro benzene ring substituents is 1. The Bertz CT molecular complexity index is 789. The number of ether oxygens (including phenoxy) is 1. The number of nitro groups is 1. The Balaban J connectivity index is 1.61. The molecule has 8 heteroatoms. The van der Waals surface area contributed by atoms with E-state index in [0.717, 1.165) is 18.5 Å². The van der Waals surface area contributed by atoms with Crippen LogP contribution in [0.5, 0.6) is 5.75 Å². The first kappa shape index (κ1) is 17.7. The van der Waals surface area contributed by atoms with Gasteiger partial charge in [0.05, 0.1) is 29.4 Å². The summed E-state index contributed by atoms with van der Waals surface area (Å²) in [5, 5.41) is 14.2. The summed E-state index contributed by atoms with van der Waals surface area (Å²) in [7, 11) is 1.49. The number of nitrogens with zero attached hydrogens (tertiary/aromatic N) is 3. The summed E-state index contributed by atoms with van der Waals surface area (Å²) in [4.78, 5) is 28.7. The first-order chi connectivity index (χ1) is 12.6. The normalized spacial score (nSPS) is 14.7. The molecule has 1 saturated heterocycles. The minimum absolute atomic E-state index is 0.00975. The zero-order chi connectivity index (χ0) is 18.5. The molecule has 1 aromatic carbocycles. The Kier molecular flexibility index (Phi) is 5.31. The molecule has 136 valence electrons.